The number of benzene rings is 2. The highest BCUT2D eigenvalue weighted by Crippen LogP contribution is 2.47. The summed E-state index contributed by atoms with van der Waals surface area (Å²) in [5.41, 5.74) is -1.03. The largest absolute Gasteiger partial charge is 0.479 e. The Hall–Kier alpha value is -2.42. The Morgan fingerprint density at radius 3 is 2.24 bits per heavy atom. The van der Waals surface area contributed by atoms with Crippen molar-refractivity contribution >= 4 is 15.6 Å². The minimum Gasteiger partial charge on any atom is -0.479 e. The summed E-state index contributed by atoms with van der Waals surface area (Å²) in [6, 6.07) is 5.23. The SMILES string of the molecule is CS(=O)(=O)c1cccc2c1C(=O)C(F)(F)C2Oc1cc(F)cc(F)c1. The zero-order valence-electron chi connectivity index (χ0n) is 12.6. The van der Waals surface area contributed by atoms with Crippen molar-refractivity contribution in [3.05, 3.63) is 59.2 Å². The minimum atomic E-state index is -4.09. The van der Waals surface area contributed by atoms with E-state index in [4.69, 9.17) is 4.74 Å². The molecule has 0 N–H and O–H groups in total. The smallest absolute Gasteiger partial charge is 0.349 e. The molecule has 0 saturated carbocycles. The molecule has 3 rings (SSSR count). The van der Waals surface area contributed by atoms with E-state index in [1.54, 1.807) is 0 Å². The van der Waals surface area contributed by atoms with Crippen LogP contribution >= 0.6 is 0 Å². The zero-order chi connectivity index (χ0) is 18.6. The van der Waals surface area contributed by atoms with Gasteiger partial charge in [-0.25, -0.2) is 17.2 Å². The molecule has 1 unspecified atom stereocenters. The van der Waals surface area contributed by atoms with Gasteiger partial charge in [-0.15, -0.1) is 0 Å². The van der Waals surface area contributed by atoms with E-state index >= 15 is 0 Å². The van der Waals surface area contributed by atoms with Gasteiger partial charge in [0.2, 0.25) is 5.78 Å². The maximum Gasteiger partial charge on any atom is 0.349 e. The van der Waals surface area contributed by atoms with E-state index in [-0.39, 0.29) is 5.56 Å². The normalized spacial score (nSPS) is 18.9. The van der Waals surface area contributed by atoms with E-state index in [1.807, 2.05) is 0 Å². The fourth-order valence-electron chi connectivity index (χ4n) is 2.67. The number of Topliss-reactive ketones (excluding diaryl/α,β-unsaturated/α-hetero) is 1. The van der Waals surface area contributed by atoms with Gasteiger partial charge >= 0.3 is 5.92 Å². The van der Waals surface area contributed by atoms with Crippen LogP contribution in [0.3, 0.4) is 0 Å². The molecule has 4 nitrogen and oxygen atoms in total. The Kier molecular flexibility index (Phi) is 3.86. The predicted molar refractivity (Wildman–Crippen MR) is 78.6 cm³/mol. The molecule has 0 heterocycles. The average molecular weight is 374 g/mol. The van der Waals surface area contributed by atoms with Gasteiger partial charge in [-0.2, -0.15) is 8.78 Å². The van der Waals surface area contributed by atoms with Gasteiger partial charge in [0.1, 0.15) is 17.4 Å². The molecule has 0 aromatic heterocycles. The molecule has 0 spiro atoms. The van der Waals surface area contributed by atoms with Crippen molar-refractivity contribution in [2.75, 3.05) is 6.26 Å². The van der Waals surface area contributed by atoms with E-state index in [9.17, 15) is 30.8 Å². The van der Waals surface area contributed by atoms with Crippen molar-refractivity contribution < 1.29 is 35.5 Å². The maximum atomic E-state index is 14.4. The number of ether oxygens (including phenoxy) is 1. The fourth-order valence-corrected chi connectivity index (χ4v) is 3.58. The van der Waals surface area contributed by atoms with Crippen molar-refractivity contribution in [2.45, 2.75) is 16.9 Å². The third-order valence-electron chi connectivity index (χ3n) is 3.69. The van der Waals surface area contributed by atoms with E-state index in [1.165, 1.54) is 6.07 Å². The molecular formula is C16H10F4O4S. The highest BCUT2D eigenvalue weighted by molar-refractivity contribution is 7.90. The van der Waals surface area contributed by atoms with Gasteiger partial charge in [0.25, 0.3) is 0 Å². The minimum absolute atomic E-state index is 0.359. The quantitative estimate of drug-likeness (QED) is 0.774. The van der Waals surface area contributed by atoms with Crippen LogP contribution in [0.15, 0.2) is 41.3 Å². The molecule has 2 aromatic rings. The topological polar surface area (TPSA) is 60.4 Å². The van der Waals surface area contributed by atoms with Crippen molar-refractivity contribution in [2.24, 2.45) is 0 Å². The van der Waals surface area contributed by atoms with E-state index in [0.717, 1.165) is 18.4 Å². The van der Waals surface area contributed by atoms with Gasteiger partial charge in [0, 0.05) is 35.6 Å². The van der Waals surface area contributed by atoms with Crippen LogP contribution in [0, 0.1) is 11.6 Å². The lowest BCUT2D eigenvalue weighted by atomic mass is 10.1. The summed E-state index contributed by atoms with van der Waals surface area (Å²) < 4.78 is 83.8. The lowest BCUT2D eigenvalue weighted by molar-refractivity contribution is -0.0594. The van der Waals surface area contributed by atoms with E-state index in [0.29, 0.717) is 18.2 Å². The first-order chi connectivity index (χ1) is 11.5. The summed E-state index contributed by atoms with van der Waals surface area (Å²) in [4.78, 5) is 11.5. The van der Waals surface area contributed by atoms with Crippen LogP contribution in [0.25, 0.3) is 0 Å². The molecule has 9 heteroatoms. The molecule has 0 aliphatic heterocycles. The molecular weight excluding hydrogens is 364 g/mol. The van der Waals surface area contributed by atoms with Gasteiger partial charge in [-0.3, -0.25) is 4.79 Å². The fraction of sp³-hybridized carbons (Fsp3) is 0.188. The van der Waals surface area contributed by atoms with Crippen molar-refractivity contribution in [3.8, 4) is 5.75 Å². The molecule has 0 amide bonds. The summed E-state index contributed by atoms with van der Waals surface area (Å²) in [6.45, 7) is 0. The Bertz CT molecular complexity index is 965. The van der Waals surface area contributed by atoms with Crippen molar-refractivity contribution in [3.63, 3.8) is 0 Å². The number of sulfone groups is 1. The number of hydrogen-bond acceptors (Lipinski definition) is 4. The van der Waals surface area contributed by atoms with Gasteiger partial charge < -0.3 is 4.74 Å². The number of rotatable bonds is 3. The van der Waals surface area contributed by atoms with E-state index < -0.39 is 55.5 Å². The molecule has 0 fully saturated rings. The Labute approximate surface area is 140 Å². The third kappa shape index (κ3) is 2.88. The second-order valence-electron chi connectivity index (χ2n) is 5.55. The van der Waals surface area contributed by atoms with Crippen LogP contribution in [0.5, 0.6) is 5.75 Å². The predicted octanol–water partition coefficient (Wildman–Crippen LogP) is 3.32. The summed E-state index contributed by atoms with van der Waals surface area (Å²) >= 11 is 0. The highest BCUT2D eigenvalue weighted by atomic mass is 32.2. The van der Waals surface area contributed by atoms with Crippen molar-refractivity contribution in [1.29, 1.82) is 0 Å². The molecule has 1 aliphatic rings. The van der Waals surface area contributed by atoms with Crippen LogP contribution in [0.4, 0.5) is 17.6 Å². The van der Waals surface area contributed by atoms with Crippen LogP contribution in [-0.4, -0.2) is 26.4 Å². The standard InChI is InChI=1S/C16H10F4O4S/c1-25(22,23)12-4-2-3-11-13(12)14(21)16(19,20)15(11)24-10-6-8(17)5-9(18)7-10/h2-7,15H,1H3. The molecule has 1 atom stereocenters. The van der Waals surface area contributed by atoms with Crippen LogP contribution in [0.1, 0.15) is 22.0 Å². The monoisotopic (exact) mass is 374 g/mol. The van der Waals surface area contributed by atoms with Crippen LogP contribution < -0.4 is 4.74 Å². The first kappa shape index (κ1) is 17.4. The molecule has 132 valence electrons. The number of fused-ring (bicyclic) bond motifs is 1. The first-order valence-corrected chi connectivity index (χ1v) is 8.79. The average Bonchev–Trinajstić information content (AvgIpc) is 2.66. The van der Waals surface area contributed by atoms with E-state index in [2.05, 4.69) is 0 Å². The Morgan fingerprint density at radius 2 is 1.68 bits per heavy atom. The summed E-state index contributed by atoms with van der Waals surface area (Å²) in [7, 11) is -3.95. The molecule has 1 aliphatic carbocycles. The zero-order valence-corrected chi connectivity index (χ0v) is 13.4. The van der Waals surface area contributed by atoms with Gasteiger partial charge in [-0.05, 0) is 6.07 Å². The first-order valence-electron chi connectivity index (χ1n) is 6.90. The van der Waals surface area contributed by atoms with Crippen LogP contribution in [-0.2, 0) is 9.84 Å². The summed E-state index contributed by atoms with van der Waals surface area (Å²) in [6.07, 6.45) is -1.41. The summed E-state index contributed by atoms with van der Waals surface area (Å²) in [5.74, 6) is -8.45. The molecule has 2 aromatic carbocycles. The second kappa shape index (κ2) is 5.55. The number of carbonyl (C=O) groups excluding carboxylic acids is 1. The number of hydrogen-bond donors (Lipinski definition) is 0. The Balaban J connectivity index is 2.15. The molecule has 0 bridgehead atoms. The van der Waals surface area contributed by atoms with Gasteiger partial charge in [-0.1, -0.05) is 12.1 Å². The number of halogens is 4. The maximum absolute atomic E-state index is 14.4. The lowest BCUT2D eigenvalue weighted by Crippen LogP contribution is -2.32. The third-order valence-corrected chi connectivity index (χ3v) is 4.83. The lowest BCUT2D eigenvalue weighted by Gasteiger charge is -2.20. The highest BCUT2D eigenvalue weighted by Gasteiger charge is 2.58. The molecule has 25 heavy (non-hydrogen) atoms. The second-order valence-corrected chi connectivity index (χ2v) is 7.53. The molecule has 0 radical (unpaired) electrons. The number of ketones is 1. The van der Waals surface area contributed by atoms with Gasteiger partial charge in [0.05, 0.1) is 4.90 Å². The summed E-state index contributed by atoms with van der Waals surface area (Å²) in [5, 5.41) is 0. The van der Waals surface area contributed by atoms with Gasteiger partial charge in [0.15, 0.2) is 15.9 Å². The number of alkyl halides is 2. The van der Waals surface area contributed by atoms with Crippen molar-refractivity contribution in [1.82, 2.24) is 0 Å². The number of carbonyl (C=O) groups is 1. The van der Waals surface area contributed by atoms with Crippen LogP contribution in [0.2, 0.25) is 0 Å². The molecule has 0 saturated heterocycles. The Morgan fingerprint density at radius 1 is 1.08 bits per heavy atom.